The molecule has 2 rings (SSSR count). The third-order valence-electron chi connectivity index (χ3n) is 4.45. The van der Waals surface area contributed by atoms with Crippen molar-refractivity contribution in [3.05, 3.63) is 77.9 Å². The molecule has 0 aliphatic heterocycles. The molecular weight excluding hydrogens is 460 g/mol. The number of carbonyl (C=O) groups is 5. The average molecular weight is 484 g/mol. The molecule has 0 radical (unpaired) electrons. The monoisotopic (exact) mass is 484 g/mol. The van der Waals surface area contributed by atoms with Crippen molar-refractivity contribution in [3.63, 3.8) is 0 Å². The van der Waals surface area contributed by atoms with E-state index in [0.717, 1.165) is 11.6 Å². The lowest BCUT2D eigenvalue weighted by atomic mass is 10.1. The summed E-state index contributed by atoms with van der Waals surface area (Å²) in [5.41, 5.74) is 1.11. The molecule has 0 saturated carbocycles. The highest BCUT2D eigenvalue weighted by atomic mass is 16.6. The fourth-order valence-corrected chi connectivity index (χ4v) is 2.63. The van der Waals surface area contributed by atoms with E-state index in [-0.39, 0.29) is 43.8 Å². The number of hydrogen-bond acceptors (Lipinski definition) is 9. The van der Waals surface area contributed by atoms with Crippen molar-refractivity contribution in [2.45, 2.75) is 19.3 Å². The van der Waals surface area contributed by atoms with Crippen LogP contribution in [0.3, 0.4) is 0 Å². The molecule has 0 aromatic heterocycles. The summed E-state index contributed by atoms with van der Waals surface area (Å²) in [6.45, 7) is 3.12. The van der Waals surface area contributed by atoms with Gasteiger partial charge in [0.25, 0.3) is 0 Å². The Morgan fingerprint density at radius 1 is 0.743 bits per heavy atom. The maximum Gasteiger partial charge on any atom is 0.343 e. The Morgan fingerprint density at radius 3 is 1.86 bits per heavy atom. The van der Waals surface area contributed by atoms with Crippen LogP contribution in [0.15, 0.2) is 61.2 Å². The molecule has 0 bridgehead atoms. The van der Waals surface area contributed by atoms with Crippen molar-refractivity contribution in [3.8, 4) is 5.75 Å². The number of hydrogen-bond donors (Lipinski definition) is 1. The summed E-state index contributed by atoms with van der Waals surface area (Å²) in [7, 11) is 0. The maximum atomic E-state index is 12.2. The zero-order valence-electron chi connectivity index (χ0n) is 18.8. The summed E-state index contributed by atoms with van der Waals surface area (Å²) in [5.74, 6) is -3.20. The van der Waals surface area contributed by atoms with E-state index < -0.39 is 29.8 Å². The van der Waals surface area contributed by atoms with Gasteiger partial charge in [-0.3, -0.25) is 9.59 Å². The zero-order chi connectivity index (χ0) is 25.6. The number of carboxylic acids is 1. The highest BCUT2D eigenvalue weighted by Crippen LogP contribution is 2.15. The van der Waals surface area contributed by atoms with Crippen LogP contribution in [0.4, 0.5) is 0 Å². The van der Waals surface area contributed by atoms with E-state index in [1.165, 1.54) is 24.3 Å². The van der Waals surface area contributed by atoms with Gasteiger partial charge in [-0.2, -0.15) is 0 Å². The van der Waals surface area contributed by atoms with Crippen molar-refractivity contribution >= 4 is 29.8 Å². The standard InChI is InChI=1S/C25H24O10/c1-2-21(26)33-15-16-34-23(28)12-11-22(27)32-14-13-17-3-9-20(10-4-17)35-25(31)19-7-5-18(6-8-19)24(29)30/h2-10H,1,11-16H2,(H,29,30). The molecule has 35 heavy (non-hydrogen) atoms. The summed E-state index contributed by atoms with van der Waals surface area (Å²) in [6.07, 6.45) is 1.10. The normalized spacial score (nSPS) is 10.1. The van der Waals surface area contributed by atoms with Gasteiger partial charge in [-0.1, -0.05) is 18.7 Å². The summed E-state index contributed by atoms with van der Waals surface area (Å²) < 4.78 is 19.8. The quantitative estimate of drug-likeness (QED) is 0.148. The van der Waals surface area contributed by atoms with Crippen LogP contribution in [0, 0.1) is 0 Å². The molecule has 0 spiro atoms. The molecule has 0 fully saturated rings. The van der Waals surface area contributed by atoms with Crippen LogP contribution in [-0.2, 0) is 35.0 Å². The summed E-state index contributed by atoms with van der Waals surface area (Å²) in [4.78, 5) is 57.2. The molecular formula is C25H24O10. The molecule has 10 nitrogen and oxygen atoms in total. The second kappa shape index (κ2) is 13.9. The molecule has 10 heteroatoms. The molecule has 0 unspecified atom stereocenters. The van der Waals surface area contributed by atoms with Gasteiger partial charge < -0.3 is 24.1 Å². The Hall–Kier alpha value is -4.47. The highest BCUT2D eigenvalue weighted by molar-refractivity contribution is 5.93. The number of benzene rings is 2. The van der Waals surface area contributed by atoms with Gasteiger partial charge in [0.15, 0.2) is 0 Å². The van der Waals surface area contributed by atoms with E-state index in [0.29, 0.717) is 12.2 Å². The Morgan fingerprint density at radius 2 is 1.29 bits per heavy atom. The van der Waals surface area contributed by atoms with Gasteiger partial charge in [0.2, 0.25) is 0 Å². The first kappa shape index (κ1) is 26.8. The van der Waals surface area contributed by atoms with Crippen molar-refractivity contribution in [1.29, 1.82) is 0 Å². The lowest BCUT2D eigenvalue weighted by Gasteiger charge is -2.08. The van der Waals surface area contributed by atoms with Crippen molar-refractivity contribution in [2.24, 2.45) is 0 Å². The predicted molar refractivity (Wildman–Crippen MR) is 121 cm³/mol. The van der Waals surface area contributed by atoms with Gasteiger partial charge in [-0.05, 0) is 42.0 Å². The lowest BCUT2D eigenvalue weighted by molar-refractivity contribution is -0.152. The fourth-order valence-electron chi connectivity index (χ4n) is 2.63. The summed E-state index contributed by atoms with van der Waals surface area (Å²) in [6, 6.07) is 12.0. The molecule has 1 N–H and O–H groups in total. The smallest absolute Gasteiger partial charge is 0.343 e. The van der Waals surface area contributed by atoms with Crippen molar-refractivity contribution in [1.82, 2.24) is 0 Å². The number of carbonyl (C=O) groups excluding carboxylic acids is 4. The van der Waals surface area contributed by atoms with E-state index in [2.05, 4.69) is 11.3 Å². The third kappa shape index (κ3) is 9.91. The maximum absolute atomic E-state index is 12.2. The largest absolute Gasteiger partial charge is 0.478 e. The van der Waals surface area contributed by atoms with Gasteiger partial charge in [0.05, 0.1) is 30.6 Å². The first-order valence-electron chi connectivity index (χ1n) is 10.5. The van der Waals surface area contributed by atoms with Crippen LogP contribution >= 0.6 is 0 Å². The zero-order valence-corrected chi connectivity index (χ0v) is 18.8. The molecule has 0 aliphatic carbocycles. The molecule has 0 atom stereocenters. The van der Waals surface area contributed by atoms with E-state index in [1.807, 2.05) is 0 Å². The Bertz CT molecular complexity index is 1050. The number of carboxylic acid groups (broad SMARTS) is 1. The number of esters is 4. The Balaban J connectivity index is 1.65. The second-order valence-corrected chi connectivity index (χ2v) is 6.98. The van der Waals surface area contributed by atoms with Crippen molar-refractivity contribution in [2.75, 3.05) is 19.8 Å². The number of rotatable bonds is 13. The van der Waals surface area contributed by atoms with E-state index in [9.17, 15) is 24.0 Å². The number of aromatic carboxylic acids is 1. The first-order valence-corrected chi connectivity index (χ1v) is 10.5. The molecule has 2 aromatic rings. The summed E-state index contributed by atoms with van der Waals surface area (Å²) >= 11 is 0. The summed E-state index contributed by atoms with van der Waals surface area (Å²) in [5, 5.41) is 8.90. The van der Waals surface area contributed by atoms with Crippen LogP contribution in [0.25, 0.3) is 0 Å². The van der Waals surface area contributed by atoms with Gasteiger partial charge in [-0.15, -0.1) is 0 Å². The van der Waals surface area contributed by atoms with Crippen LogP contribution in [-0.4, -0.2) is 54.8 Å². The minimum Gasteiger partial charge on any atom is -0.478 e. The minimum atomic E-state index is -1.09. The average Bonchev–Trinajstić information content (AvgIpc) is 2.86. The SMILES string of the molecule is C=CC(=O)OCCOC(=O)CCC(=O)OCCc1ccc(OC(=O)c2ccc(C(=O)O)cc2)cc1. The van der Waals surface area contributed by atoms with Gasteiger partial charge >= 0.3 is 29.8 Å². The van der Waals surface area contributed by atoms with E-state index >= 15 is 0 Å². The molecule has 0 amide bonds. The van der Waals surface area contributed by atoms with Crippen LogP contribution in [0.1, 0.15) is 39.1 Å². The van der Waals surface area contributed by atoms with Gasteiger partial charge in [-0.25, -0.2) is 14.4 Å². The molecule has 2 aromatic carbocycles. The topological polar surface area (TPSA) is 142 Å². The lowest BCUT2D eigenvalue weighted by Crippen LogP contribution is -2.15. The molecule has 184 valence electrons. The molecule has 0 heterocycles. The molecule has 0 saturated heterocycles. The van der Waals surface area contributed by atoms with Crippen molar-refractivity contribution < 1.29 is 48.0 Å². The van der Waals surface area contributed by atoms with Gasteiger partial charge in [0, 0.05) is 12.5 Å². The number of ether oxygens (including phenoxy) is 4. The fraction of sp³-hybridized carbons (Fsp3) is 0.240. The predicted octanol–water partition coefficient (Wildman–Crippen LogP) is 2.74. The van der Waals surface area contributed by atoms with Crippen LogP contribution in [0.5, 0.6) is 5.75 Å². The first-order chi connectivity index (χ1) is 16.8. The minimum absolute atomic E-state index is 0.0651. The highest BCUT2D eigenvalue weighted by Gasteiger charge is 2.12. The Kier molecular flexibility index (Phi) is 10.7. The Labute approximate surface area is 201 Å². The van der Waals surface area contributed by atoms with E-state index in [4.69, 9.17) is 19.3 Å². The molecule has 0 aliphatic rings. The van der Waals surface area contributed by atoms with Crippen LogP contribution in [0.2, 0.25) is 0 Å². The van der Waals surface area contributed by atoms with Gasteiger partial charge in [0.1, 0.15) is 19.0 Å². The second-order valence-electron chi connectivity index (χ2n) is 6.98. The van der Waals surface area contributed by atoms with Crippen LogP contribution < -0.4 is 4.74 Å². The third-order valence-corrected chi connectivity index (χ3v) is 4.45. The van der Waals surface area contributed by atoms with E-state index in [1.54, 1.807) is 24.3 Å².